The van der Waals surface area contributed by atoms with Crippen molar-refractivity contribution in [2.75, 3.05) is 64.0 Å². The fourth-order valence-electron chi connectivity index (χ4n) is 6.98. The number of allylic oxidation sites excluding steroid dienone is 2. The lowest BCUT2D eigenvalue weighted by Crippen LogP contribution is -2.03. The van der Waals surface area contributed by atoms with Gasteiger partial charge in [-0.25, -0.2) is 4.98 Å². The third-order valence-corrected chi connectivity index (χ3v) is 9.40. The second-order valence-corrected chi connectivity index (χ2v) is 11.8. The highest BCUT2D eigenvalue weighted by Gasteiger charge is 2.33. The molecule has 0 bridgehead atoms. The van der Waals surface area contributed by atoms with E-state index >= 15 is 0 Å². The van der Waals surface area contributed by atoms with Gasteiger partial charge < -0.3 is 42.6 Å². The van der Waals surface area contributed by atoms with E-state index in [1.54, 1.807) is 64.0 Å². The molecule has 0 spiro atoms. The molecular weight excluding hydrogens is 638 g/mol. The third kappa shape index (κ3) is 5.99. The second-order valence-electron chi connectivity index (χ2n) is 11.8. The van der Waals surface area contributed by atoms with Crippen LogP contribution >= 0.6 is 0 Å². The van der Waals surface area contributed by atoms with E-state index in [0.29, 0.717) is 51.7 Å². The van der Waals surface area contributed by atoms with Crippen molar-refractivity contribution in [1.82, 2.24) is 4.98 Å². The Balaban J connectivity index is 1.62. The molecule has 262 valence electrons. The third-order valence-electron chi connectivity index (χ3n) is 9.40. The summed E-state index contributed by atoms with van der Waals surface area (Å²) in [6.07, 6.45) is 7.44. The number of benzene rings is 3. The molecule has 10 heteroatoms. The summed E-state index contributed by atoms with van der Waals surface area (Å²) in [7, 11) is 14.7. The fourth-order valence-corrected chi connectivity index (χ4v) is 6.98. The van der Waals surface area contributed by atoms with Crippen molar-refractivity contribution >= 4 is 23.3 Å². The maximum absolute atomic E-state index is 5.99. The monoisotopic (exact) mass is 681 g/mol. The van der Waals surface area contributed by atoms with Crippen LogP contribution < -0.4 is 42.6 Å². The number of methoxy groups -OCH3 is 9. The lowest BCUT2D eigenvalue weighted by Gasteiger charge is -2.19. The Morgan fingerprint density at radius 2 is 0.740 bits per heavy atom. The fraction of sp³-hybridized carbons (Fsp3) is 0.325. The van der Waals surface area contributed by atoms with Crippen molar-refractivity contribution in [3.63, 3.8) is 0 Å². The number of nitrogens with zero attached hydrogens (tertiary/aromatic N) is 1. The summed E-state index contributed by atoms with van der Waals surface area (Å²) in [6, 6.07) is 11.4. The minimum Gasteiger partial charge on any atom is -0.496 e. The zero-order valence-electron chi connectivity index (χ0n) is 30.1. The van der Waals surface area contributed by atoms with Gasteiger partial charge in [0.25, 0.3) is 0 Å². The van der Waals surface area contributed by atoms with Crippen molar-refractivity contribution < 1.29 is 42.6 Å². The van der Waals surface area contributed by atoms with Crippen molar-refractivity contribution in [2.24, 2.45) is 0 Å². The van der Waals surface area contributed by atoms with Gasteiger partial charge in [-0.1, -0.05) is 0 Å². The summed E-state index contributed by atoms with van der Waals surface area (Å²) in [5.74, 6) is 5.68. The molecule has 0 unspecified atom stereocenters. The van der Waals surface area contributed by atoms with Crippen molar-refractivity contribution in [3.05, 3.63) is 70.0 Å². The molecule has 0 saturated heterocycles. The lowest BCUT2D eigenvalue weighted by atomic mass is 9.91. The molecule has 1 heterocycles. The average molecular weight is 682 g/mol. The molecular formula is C40H43NO9. The number of aromatic nitrogens is 1. The van der Waals surface area contributed by atoms with Crippen molar-refractivity contribution in [3.8, 4) is 62.9 Å². The van der Waals surface area contributed by atoms with E-state index < -0.39 is 0 Å². The molecule has 0 fully saturated rings. The number of hydrogen-bond acceptors (Lipinski definition) is 10. The first kappa shape index (κ1) is 34.4. The van der Waals surface area contributed by atoms with E-state index in [1.165, 1.54) is 0 Å². The van der Waals surface area contributed by atoms with Gasteiger partial charge in [0.1, 0.15) is 17.2 Å². The first-order chi connectivity index (χ1) is 24.4. The van der Waals surface area contributed by atoms with Gasteiger partial charge in [-0.2, -0.15) is 0 Å². The zero-order valence-corrected chi connectivity index (χ0v) is 30.1. The molecule has 2 aliphatic rings. The van der Waals surface area contributed by atoms with Crippen LogP contribution in [-0.2, 0) is 12.8 Å². The molecule has 50 heavy (non-hydrogen) atoms. The van der Waals surface area contributed by atoms with Gasteiger partial charge in [0.05, 0.1) is 75.4 Å². The number of pyridine rings is 1. The Labute approximate surface area is 293 Å². The molecule has 0 radical (unpaired) electrons. The molecule has 3 aromatic carbocycles. The van der Waals surface area contributed by atoms with Crippen LogP contribution in [0.2, 0.25) is 0 Å². The van der Waals surface area contributed by atoms with E-state index in [1.807, 2.05) is 36.4 Å². The molecule has 6 rings (SSSR count). The molecule has 4 aromatic rings. The Bertz CT molecular complexity index is 1890. The molecule has 2 aliphatic carbocycles. The predicted octanol–water partition coefficient (Wildman–Crippen LogP) is 7.80. The molecule has 10 nitrogen and oxygen atoms in total. The molecule has 0 saturated carbocycles. The summed E-state index contributed by atoms with van der Waals surface area (Å²) in [5, 5.41) is 0. The Hall–Kier alpha value is -5.51. The van der Waals surface area contributed by atoms with Crippen LogP contribution in [0.3, 0.4) is 0 Å². The minimum absolute atomic E-state index is 0.595. The van der Waals surface area contributed by atoms with Crippen molar-refractivity contribution in [2.45, 2.75) is 25.7 Å². The first-order valence-corrected chi connectivity index (χ1v) is 16.2. The predicted molar refractivity (Wildman–Crippen MR) is 194 cm³/mol. The van der Waals surface area contributed by atoms with Gasteiger partial charge in [-0.15, -0.1) is 0 Å². The van der Waals surface area contributed by atoms with Gasteiger partial charge >= 0.3 is 0 Å². The smallest absolute Gasteiger partial charge is 0.164 e. The number of fused-ring (bicyclic) bond motifs is 2. The SMILES string of the molecule is COc1cc(OC)c(OC)cc1/C=C1\CCc2c1nc1c(c2-c2cc(OC)c(OC)cc2OC)CC/C1=C\c1cc(OC)c(OC)cc1OC. The van der Waals surface area contributed by atoms with Gasteiger partial charge in [-0.05, 0) is 83.9 Å². The maximum atomic E-state index is 5.99. The van der Waals surface area contributed by atoms with E-state index in [9.17, 15) is 0 Å². The van der Waals surface area contributed by atoms with Gasteiger partial charge in [0.2, 0.25) is 0 Å². The van der Waals surface area contributed by atoms with Gasteiger partial charge in [0, 0.05) is 34.9 Å². The summed E-state index contributed by atoms with van der Waals surface area (Å²) >= 11 is 0. The maximum Gasteiger partial charge on any atom is 0.164 e. The molecule has 1 aromatic heterocycles. The summed E-state index contributed by atoms with van der Waals surface area (Å²) in [6.45, 7) is 0. The van der Waals surface area contributed by atoms with E-state index in [2.05, 4.69) is 12.2 Å². The first-order valence-electron chi connectivity index (χ1n) is 16.2. The molecule has 0 N–H and O–H groups in total. The Morgan fingerprint density at radius 1 is 0.400 bits per heavy atom. The topological polar surface area (TPSA) is 96.0 Å². The highest BCUT2D eigenvalue weighted by molar-refractivity contribution is 5.95. The van der Waals surface area contributed by atoms with Crippen LogP contribution in [0, 0.1) is 0 Å². The van der Waals surface area contributed by atoms with E-state index in [-0.39, 0.29) is 0 Å². The van der Waals surface area contributed by atoms with Crippen LogP contribution in [0.15, 0.2) is 36.4 Å². The van der Waals surface area contributed by atoms with Crippen LogP contribution in [-0.4, -0.2) is 69.0 Å². The van der Waals surface area contributed by atoms with Gasteiger partial charge in [0.15, 0.2) is 34.5 Å². The average Bonchev–Trinajstić information content (AvgIpc) is 3.75. The second kappa shape index (κ2) is 14.5. The summed E-state index contributed by atoms with van der Waals surface area (Å²) in [4.78, 5) is 5.44. The largest absolute Gasteiger partial charge is 0.496 e. The normalized spacial score (nSPS) is 14.7. The van der Waals surface area contributed by atoms with Crippen LogP contribution in [0.1, 0.15) is 46.5 Å². The number of hydrogen-bond donors (Lipinski definition) is 0. The van der Waals surface area contributed by atoms with Crippen LogP contribution in [0.5, 0.6) is 51.7 Å². The number of ether oxygens (including phenoxy) is 9. The Morgan fingerprint density at radius 3 is 1.12 bits per heavy atom. The molecule has 0 amide bonds. The zero-order chi connectivity index (χ0) is 35.5. The van der Waals surface area contributed by atoms with Crippen LogP contribution in [0.4, 0.5) is 0 Å². The van der Waals surface area contributed by atoms with Gasteiger partial charge in [-0.3, -0.25) is 0 Å². The van der Waals surface area contributed by atoms with Crippen molar-refractivity contribution in [1.29, 1.82) is 0 Å². The summed E-state index contributed by atoms with van der Waals surface area (Å²) < 4.78 is 51.3. The highest BCUT2D eigenvalue weighted by Crippen LogP contribution is 2.51. The van der Waals surface area contributed by atoms with Crippen LogP contribution in [0.25, 0.3) is 34.4 Å². The molecule has 0 aliphatic heterocycles. The van der Waals surface area contributed by atoms with E-state index in [4.69, 9.17) is 47.6 Å². The standard InChI is InChI=1S/C40H43NO9/c1-42-29-19-35(48-7)32(45-4)16-24(29)14-22-10-12-26-38(28-18-34(47-6)37(50-9)21-31(28)44-3)27-13-11-23(40(27)41-39(22)26)15-25-17-33(46-5)36(49-8)20-30(25)43-2/h14-21H,10-13H2,1-9H3/b22-14+,23-15+. The summed E-state index contributed by atoms with van der Waals surface area (Å²) in [5.41, 5.74) is 10.1. The minimum atomic E-state index is 0.595. The highest BCUT2D eigenvalue weighted by atomic mass is 16.5. The quantitative estimate of drug-likeness (QED) is 0.147. The lowest BCUT2D eigenvalue weighted by molar-refractivity contribution is 0.348. The molecule has 0 atom stereocenters. The Kier molecular flexibility index (Phi) is 9.99. The van der Waals surface area contributed by atoms with E-state index in [0.717, 1.165) is 81.6 Å². The number of rotatable bonds is 12.